The number of carboxylic acids is 2. The molecule has 4 unspecified atom stereocenters. The molecule has 0 bridgehead atoms. The molecule has 0 saturated carbocycles. The van der Waals surface area contributed by atoms with Crippen LogP contribution in [-0.4, -0.2) is 84.9 Å². The normalized spacial score (nSPS) is 13.9. The SMILES string of the molecule is NC(=O)CC(NC(=O)C(N)Cc1c[nH]c2ccccc12)C(=O)NC(Cc1cnc[nH]1)C(=O)NC(CC(=O)O)C(=O)O. The molecule has 2 aromatic heterocycles. The number of H-pyrrole nitrogens is 2. The highest BCUT2D eigenvalue weighted by Crippen LogP contribution is 2.18. The Kier molecular flexibility index (Phi) is 10.1. The number of carbonyl (C=O) groups excluding carboxylic acids is 4. The number of amides is 4. The van der Waals surface area contributed by atoms with Gasteiger partial charge in [-0.2, -0.15) is 0 Å². The molecule has 1 aromatic carbocycles. The molecule has 0 radical (unpaired) electrons. The number of hydrogen-bond acceptors (Lipinski definition) is 8. The second kappa shape index (κ2) is 13.7. The first-order valence-corrected chi connectivity index (χ1v) is 12.4. The number of benzene rings is 1. The van der Waals surface area contributed by atoms with Crippen LogP contribution in [-0.2, 0) is 41.6 Å². The second-order valence-electron chi connectivity index (χ2n) is 9.24. The van der Waals surface area contributed by atoms with Crippen molar-refractivity contribution in [2.45, 2.75) is 49.9 Å². The fourth-order valence-corrected chi connectivity index (χ4v) is 4.06. The number of carbonyl (C=O) groups is 6. The monoisotopic (exact) mass is 570 g/mol. The van der Waals surface area contributed by atoms with Crippen molar-refractivity contribution in [1.82, 2.24) is 30.9 Å². The van der Waals surface area contributed by atoms with Crippen LogP contribution in [0.25, 0.3) is 10.9 Å². The van der Waals surface area contributed by atoms with Crippen molar-refractivity contribution in [3.63, 3.8) is 0 Å². The molecule has 3 aromatic rings. The number of hydrogen-bond donors (Lipinski definition) is 9. The van der Waals surface area contributed by atoms with Crippen molar-refractivity contribution in [2.24, 2.45) is 11.5 Å². The number of aromatic nitrogens is 3. The smallest absolute Gasteiger partial charge is 0.326 e. The largest absolute Gasteiger partial charge is 0.481 e. The minimum absolute atomic E-state index is 0.103. The van der Waals surface area contributed by atoms with Crippen LogP contribution >= 0.6 is 0 Å². The summed E-state index contributed by atoms with van der Waals surface area (Å²) in [5, 5.41) is 25.9. The number of aliphatic carboxylic acids is 2. The number of carboxylic acid groups (broad SMARTS) is 2. The zero-order valence-corrected chi connectivity index (χ0v) is 21.6. The topological polar surface area (TPSA) is 275 Å². The van der Waals surface area contributed by atoms with E-state index in [-0.39, 0.29) is 12.8 Å². The molecule has 0 aliphatic heterocycles. The van der Waals surface area contributed by atoms with E-state index >= 15 is 0 Å². The molecular formula is C25H30N8O8. The molecule has 16 nitrogen and oxygen atoms in total. The second-order valence-corrected chi connectivity index (χ2v) is 9.24. The molecule has 3 rings (SSSR count). The van der Waals surface area contributed by atoms with Gasteiger partial charge in [0.25, 0.3) is 0 Å². The summed E-state index contributed by atoms with van der Waals surface area (Å²) in [7, 11) is 0. The lowest BCUT2D eigenvalue weighted by Crippen LogP contribution is -2.58. The van der Waals surface area contributed by atoms with Gasteiger partial charge in [-0.05, 0) is 18.1 Å². The van der Waals surface area contributed by atoms with Gasteiger partial charge in [-0.1, -0.05) is 18.2 Å². The number of para-hydroxylation sites is 1. The van der Waals surface area contributed by atoms with E-state index in [9.17, 15) is 33.9 Å². The van der Waals surface area contributed by atoms with Gasteiger partial charge in [0.05, 0.1) is 25.2 Å². The van der Waals surface area contributed by atoms with Crippen molar-refractivity contribution in [1.29, 1.82) is 0 Å². The van der Waals surface area contributed by atoms with Crippen molar-refractivity contribution in [2.75, 3.05) is 0 Å². The van der Waals surface area contributed by atoms with Crippen LogP contribution in [0.5, 0.6) is 0 Å². The summed E-state index contributed by atoms with van der Waals surface area (Å²) in [4.78, 5) is 82.8. The Balaban J connectivity index is 1.74. The first-order chi connectivity index (χ1) is 19.4. The quantitative estimate of drug-likeness (QED) is 0.0959. The lowest BCUT2D eigenvalue weighted by molar-refractivity contribution is -0.147. The summed E-state index contributed by atoms with van der Waals surface area (Å²) in [5.41, 5.74) is 13.3. The molecular weight excluding hydrogens is 540 g/mol. The van der Waals surface area contributed by atoms with Gasteiger partial charge in [0, 0.05) is 35.4 Å². The van der Waals surface area contributed by atoms with Crippen LogP contribution in [0.15, 0.2) is 43.0 Å². The summed E-state index contributed by atoms with van der Waals surface area (Å²) < 4.78 is 0. The standard InChI is InChI=1S/C25H30N8O8/c26-15(5-12-9-29-16-4-2-1-3-14(12)16)22(37)31-18(7-20(27)34)24(39)32-17(6-13-10-28-11-30-13)23(38)33-19(25(40)41)8-21(35)36/h1-4,9-11,15,17-19,29H,5-8,26H2,(H2,27,34)(H,28,30)(H,31,37)(H,32,39)(H,33,38)(H,35,36)(H,40,41). The van der Waals surface area contributed by atoms with Crippen molar-refractivity contribution in [3.8, 4) is 0 Å². The van der Waals surface area contributed by atoms with Crippen molar-refractivity contribution >= 4 is 46.5 Å². The Morgan fingerprint density at radius 1 is 0.854 bits per heavy atom. The number of nitrogens with two attached hydrogens (primary N) is 2. The lowest BCUT2D eigenvalue weighted by Gasteiger charge is -2.24. The van der Waals surface area contributed by atoms with E-state index < -0.39 is 72.6 Å². The van der Waals surface area contributed by atoms with Crippen LogP contribution in [0, 0.1) is 0 Å². The molecule has 4 atom stereocenters. The minimum atomic E-state index is -1.79. The molecule has 2 heterocycles. The van der Waals surface area contributed by atoms with Gasteiger partial charge in [0.15, 0.2) is 0 Å². The molecule has 0 fully saturated rings. The number of nitrogens with zero attached hydrogens (tertiary/aromatic N) is 1. The van der Waals surface area contributed by atoms with Gasteiger partial charge < -0.3 is 47.6 Å². The fraction of sp³-hybridized carbons (Fsp3) is 0.320. The van der Waals surface area contributed by atoms with Gasteiger partial charge >= 0.3 is 11.9 Å². The van der Waals surface area contributed by atoms with E-state index in [1.807, 2.05) is 24.3 Å². The molecule has 218 valence electrons. The van der Waals surface area contributed by atoms with E-state index in [0.29, 0.717) is 5.69 Å². The van der Waals surface area contributed by atoms with Gasteiger partial charge in [-0.25, -0.2) is 9.78 Å². The van der Waals surface area contributed by atoms with E-state index in [1.54, 1.807) is 6.20 Å². The summed E-state index contributed by atoms with van der Waals surface area (Å²) in [6, 6.07) is 1.49. The third-order valence-electron chi connectivity index (χ3n) is 6.10. The maximum absolute atomic E-state index is 13.2. The highest BCUT2D eigenvalue weighted by Gasteiger charge is 2.32. The highest BCUT2D eigenvalue weighted by atomic mass is 16.4. The third-order valence-corrected chi connectivity index (χ3v) is 6.10. The molecule has 41 heavy (non-hydrogen) atoms. The summed E-state index contributed by atoms with van der Waals surface area (Å²) in [6.45, 7) is 0. The number of aromatic amines is 2. The number of nitrogens with one attached hydrogen (secondary N) is 5. The first-order valence-electron chi connectivity index (χ1n) is 12.4. The summed E-state index contributed by atoms with van der Waals surface area (Å²) in [5.74, 6) is -6.78. The maximum Gasteiger partial charge on any atom is 0.326 e. The molecule has 11 N–H and O–H groups in total. The van der Waals surface area contributed by atoms with Crippen LogP contribution in [0.1, 0.15) is 24.1 Å². The Morgan fingerprint density at radius 2 is 1.51 bits per heavy atom. The Bertz CT molecular complexity index is 1420. The predicted octanol–water partition coefficient (Wildman–Crippen LogP) is -2.11. The molecule has 0 aliphatic rings. The van der Waals surface area contributed by atoms with Crippen molar-refractivity contribution in [3.05, 3.63) is 54.2 Å². The predicted molar refractivity (Wildman–Crippen MR) is 142 cm³/mol. The average Bonchev–Trinajstić information content (AvgIpc) is 3.57. The molecule has 0 spiro atoms. The maximum atomic E-state index is 13.2. The average molecular weight is 571 g/mol. The van der Waals surface area contributed by atoms with E-state index in [0.717, 1.165) is 16.5 Å². The van der Waals surface area contributed by atoms with Gasteiger partial charge in [0.2, 0.25) is 23.6 Å². The Morgan fingerprint density at radius 3 is 2.15 bits per heavy atom. The van der Waals surface area contributed by atoms with Gasteiger partial charge in [-0.3, -0.25) is 24.0 Å². The highest BCUT2D eigenvalue weighted by molar-refractivity contribution is 5.96. The van der Waals surface area contributed by atoms with Gasteiger partial charge in [0.1, 0.15) is 18.1 Å². The first kappa shape index (κ1) is 30.3. The third kappa shape index (κ3) is 8.62. The van der Waals surface area contributed by atoms with Crippen LogP contribution in [0.4, 0.5) is 0 Å². The Hall–Kier alpha value is -5.25. The number of rotatable bonds is 15. The number of primary amides is 1. The zero-order chi connectivity index (χ0) is 30.1. The number of imidazole rings is 1. The molecule has 16 heteroatoms. The van der Waals surface area contributed by atoms with Crippen molar-refractivity contribution < 1.29 is 39.0 Å². The molecule has 4 amide bonds. The van der Waals surface area contributed by atoms with E-state index in [4.69, 9.17) is 16.6 Å². The summed E-state index contributed by atoms with van der Waals surface area (Å²) >= 11 is 0. The molecule has 0 aliphatic carbocycles. The fourth-order valence-electron chi connectivity index (χ4n) is 4.06. The van der Waals surface area contributed by atoms with E-state index in [2.05, 4.69) is 30.9 Å². The zero-order valence-electron chi connectivity index (χ0n) is 21.6. The minimum Gasteiger partial charge on any atom is -0.481 e. The molecule has 0 saturated heterocycles. The van der Waals surface area contributed by atoms with Crippen LogP contribution in [0.2, 0.25) is 0 Å². The van der Waals surface area contributed by atoms with Gasteiger partial charge in [-0.15, -0.1) is 0 Å². The van der Waals surface area contributed by atoms with Crippen LogP contribution in [0.3, 0.4) is 0 Å². The summed E-state index contributed by atoms with van der Waals surface area (Å²) in [6.07, 6.45) is 2.71. The van der Waals surface area contributed by atoms with E-state index in [1.165, 1.54) is 12.5 Å². The number of fused-ring (bicyclic) bond motifs is 1. The van der Waals surface area contributed by atoms with Crippen LogP contribution < -0.4 is 27.4 Å². The Labute approximate surface area is 232 Å². The lowest BCUT2D eigenvalue weighted by atomic mass is 10.0.